The zero-order valence-corrected chi connectivity index (χ0v) is 12.3. The second kappa shape index (κ2) is 6.16. The van der Waals surface area contributed by atoms with Crippen LogP contribution in [0, 0.1) is 0 Å². The number of ether oxygens (including phenoxy) is 1. The maximum Gasteiger partial charge on any atom is 0.129 e. The number of hydrogen-bond donors (Lipinski definition) is 0. The summed E-state index contributed by atoms with van der Waals surface area (Å²) in [6.45, 7) is 4.34. The molecule has 2 aromatic rings. The third-order valence-corrected chi connectivity index (χ3v) is 3.30. The number of anilines is 1. The van der Waals surface area contributed by atoms with E-state index in [4.69, 9.17) is 4.74 Å². The lowest BCUT2D eigenvalue weighted by Crippen LogP contribution is -2.23. The SMILES string of the molecule is CCOCCN(C)c1ccc2cc(Br)ccc2n1. The highest BCUT2D eigenvalue weighted by Gasteiger charge is 2.04. The summed E-state index contributed by atoms with van der Waals surface area (Å²) in [5.41, 5.74) is 1.01. The van der Waals surface area contributed by atoms with E-state index >= 15 is 0 Å². The largest absolute Gasteiger partial charge is 0.380 e. The van der Waals surface area contributed by atoms with Crippen LogP contribution in [0.4, 0.5) is 5.82 Å². The Hall–Kier alpha value is -1.13. The van der Waals surface area contributed by atoms with E-state index in [-0.39, 0.29) is 0 Å². The molecule has 0 aliphatic rings. The Bertz CT molecular complexity index is 530. The number of hydrogen-bond acceptors (Lipinski definition) is 3. The van der Waals surface area contributed by atoms with E-state index in [1.165, 1.54) is 0 Å². The van der Waals surface area contributed by atoms with Crippen molar-refractivity contribution in [3.8, 4) is 0 Å². The van der Waals surface area contributed by atoms with Gasteiger partial charge < -0.3 is 9.64 Å². The van der Waals surface area contributed by atoms with Gasteiger partial charge in [0.15, 0.2) is 0 Å². The molecule has 0 fully saturated rings. The van der Waals surface area contributed by atoms with Crippen LogP contribution in [-0.4, -0.2) is 31.8 Å². The summed E-state index contributed by atoms with van der Waals surface area (Å²) < 4.78 is 6.43. The van der Waals surface area contributed by atoms with Crippen LogP contribution in [0.2, 0.25) is 0 Å². The monoisotopic (exact) mass is 308 g/mol. The van der Waals surface area contributed by atoms with Gasteiger partial charge in [0, 0.05) is 30.1 Å². The predicted octanol–water partition coefficient (Wildman–Crippen LogP) is 3.47. The van der Waals surface area contributed by atoms with Crippen molar-refractivity contribution >= 4 is 32.7 Å². The first-order valence-corrected chi connectivity index (χ1v) is 6.85. The van der Waals surface area contributed by atoms with Gasteiger partial charge in [0.1, 0.15) is 5.82 Å². The third-order valence-electron chi connectivity index (χ3n) is 2.80. The molecule has 1 aromatic heterocycles. The van der Waals surface area contributed by atoms with Crippen LogP contribution < -0.4 is 4.90 Å². The second-order valence-corrected chi connectivity index (χ2v) is 5.04. The Kier molecular flexibility index (Phi) is 4.55. The lowest BCUT2D eigenvalue weighted by atomic mass is 10.2. The minimum absolute atomic E-state index is 0.729. The van der Waals surface area contributed by atoms with Gasteiger partial charge >= 0.3 is 0 Å². The van der Waals surface area contributed by atoms with Crippen molar-refractivity contribution in [2.24, 2.45) is 0 Å². The van der Waals surface area contributed by atoms with E-state index in [0.717, 1.165) is 41.0 Å². The van der Waals surface area contributed by atoms with Crippen LogP contribution in [0.15, 0.2) is 34.8 Å². The van der Waals surface area contributed by atoms with E-state index in [9.17, 15) is 0 Å². The summed E-state index contributed by atoms with van der Waals surface area (Å²) in [4.78, 5) is 6.75. The number of likely N-dealkylation sites (N-methyl/N-ethyl adjacent to an activating group) is 1. The normalized spacial score (nSPS) is 10.8. The summed E-state index contributed by atoms with van der Waals surface area (Å²) >= 11 is 3.47. The van der Waals surface area contributed by atoms with Crippen molar-refractivity contribution < 1.29 is 4.74 Å². The molecule has 0 aliphatic carbocycles. The highest BCUT2D eigenvalue weighted by molar-refractivity contribution is 9.10. The Balaban J connectivity index is 2.16. The number of aromatic nitrogens is 1. The van der Waals surface area contributed by atoms with Crippen molar-refractivity contribution in [3.63, 3.8) is 0 Å². The topological polar surface area (TPSA) is 25.4 Å². The van der Waals surface area contributed by atoms with E-state index in [0.29, 0.717) is 0 Å². The smallest absolute Gasteiger partial charge is 0.129 e. The molecule has 0 N–H and O–H groups in total. The highest BCUT2D eigenvalue weighted by atomic mass is 79.9. The molecule has 0 saturated heterocycles. The van der Waals surface area contributed by atoms with Crippen molar-refractivity contribution in [2.45, 2.75) is 6.92 Å². The fraction of sp³-hybridized carbons (Fsp3) is 0.357. The van der Waals surface area contributed by atoms with E-state index < -0.39 is 0 Å². The fourth-order valence-corrected chi connectivity index (χ4v) is 2.14. The molecule has 0 amide bonds. The molecule has 0 unspecified atom stereocenters. The lowest BCUT2D eigenvalue weighted by Gasteiger charge is -2.18. The third kappa shape index (κ3) is 3.21. The van der Waals surface area contributed by atoms with Crippen LogP contribution in [-0.2, 0) is 4.74 Å². The Morgan fingerprint density at radius 3 is 2.89 bits per heavy atom. The fourth-order valence-electron chi connectivity index (χ4n) is 1.76. The number of nitrogens with zero attached hydrogens (tertiary/aromatic N) is 2. The van der Waals surface area contributed by atoms with E-state index in [1.807, 2.05) is 32.2 Å². The second-order valence-electron chi connectivity index (χ2n) is 4.12. The molecule has 0 saturated carbocycles. The molecule has 3 nitrogen and oxygen atoms in total. The molecule has 96 valence electrons. The maximum absolute atomic E-state index is 5.35. The number of rotatable bonds is 5. The van der Waals surface area contributed by atoms with E-state index in [1.54, 1.807) is 0 Å². The summed E-state index contributed by atoms with van der Waals surface area (Å²) in [5, 5.41) is 1.14. The van der Waals surface area contributed by atoms with Crippen molar-refractivity contribution in [2.75, 3.05) is 31.7 Å². The van der Waals surface area contributed by atoms with Crippen molar-refractivity contribution in [1.29, 1.82) is 0 Å². The molecule has 0 atom stereocenters. The minimum atomic E-state index is 0.729. The first-order valence-electron chi connectivity index (χ1n) is 6.06. The Morgan fingerprint density at radius 2 is 2.11 bits per heavy atom. The maximum atomic E-state index is 5.35. The first kappa shape index (κ1) is 13.3. The number of fused-ring (bicyclic) bond motifs is 1. The molecule has 2 rings (SSSR count). The lowest BCUT2D eigenvalue weighted by molar-refractivity contribution is 0.154. The average molecular weight is 309 g/mol. The summed E-state index contributed by atoms with van der Waals surface area (Å²) in [6, 6.07) is 10.3. The van der Waals surface area contributed by atoms with Gasteiger partial charge in [-0.15, -0.1) is 0 Å². The van der Waals surface area contributed by atoms with Gasteiger partial charge in [0.05, 0.1) is 12.1 Å². The quantitative estimate of drug-likeness (QED) is 0.791. The van der Waals surface area contributed by atoms with Crippen LogP contribution in [0.3, 0.4) is 0 Å². The van der Waals surface area contributed by atoms with Gasteiger partial charge in [-0.3, -0.25) is 0 Å². The first-order chi connectivity index (χ1) is 8.70. The number of pyridine rings is 1. The molecule has 1 aromatic carbocycles. The molecular weight excluding hydrogens is 292 g/mol. The van der Waals surface area contributed by atoms with E-state index in [2.05, 4.69) is 37.9 Å². The van der Waals surface area contributed by atoms with Gasteiger partial charge in [-0.05, 0) is 37.3 Å². The van der Waals surface area contributed by atoms with Crippen LogP contribution >= 0.6 is 15.9 Å². The number of halogens is 1. The molecule has 4 heteroatoms. The molecule has 0 bridgehead atoms. The van der Waals surface area contributed by atoms with Crippen LogP contribution in [0.5, 0.6) is 0 Å². The summed E-state index contributed by atoms with van der Waals surface area (Å²) in [5.74, 6) is 0.976. The average Bonchev–Trinajstić information content (AvgIpc) is 2.38. The Morgan fingerprint density at radius 1 is 1.28 bits per heavy atom. The van der Waals surface area contributed by atoms with Gasteiger partial charge in [-0.1, -0.05) is 15.9 Å². The predicted molar refractivity (Wildman–Crippen MR) is 79.2 cm³/mol. The molecule has 1 heterocycles. The molecule has 0 aliphatic heterocycles. The van der Waals surface area contributed by atoms with Crippen molar-refractivity contribution in [1.82, 2.24) is 4.98 Å². The molecule has 0 spiro atoms. The summed E-state index contributed by atoms with van der Waals surface area (Å²) in [6.07, 6.45) is 0. The standard InChI is InChI=1S/C14H17BrN2O/c1-3-18-9-8-17(2)14-7-4-11-10-12(15)5-6-13(11)16-14/h4-7,10H,3,8-9H2,1-2H3. The zero-order chi connectivity index (χ0) is 13.0. The van der Waals surface area contributed by atoms with Gasteiger partial charge in [-0.25, -0.2) is 4.98 Å². The molecular formula is C14H17BrN2O. The Labute approximate surface area is 116 Å². The van der Waals surface area contributed by atoms with Crippen molar-refractivity contribution in [3.05, 3.63) is 34.8 Å². The molecule has 18 heavy (non-hydrogen) atoms. The minimum Gasteiger partial charge on any atom is -0.380 e. The van der Waals surface area contributed by atoms with Crippen LogP contribution in [0.25, 0.3) is 10.9 Å². The van der Waals surface area contributed by atoms with Gasteiger partial charge in [0.2, 0.25) is 0 Å². The van der Waals surface area contributed by atoms with Gasteiger partial charge in [-0.2, -0.15) is 0 Å². The number of benzene rings is 1. The zero-order valence-electron chi connectivity index (χ0n) is 10.7. The molecule has 0 radical (unpaired) electrons. The van der Waals surface area contributed by atoms with Gasteiger partial charge in [0.25, 0.3) is 0 Å². The summed E-state index contributed by atoms with van der Waals surface area (Å²) in [7, 11) is 2.03. The van der Waals surface area contributed by atoms with Crippen LogP contribution in [0.1, 0.15) is 6.92 Å². The highest BCUT2D eigenvalue weighted by Crippen LogP contribution is 2.21.